The van der Waals surface area contributed by atoms with E-state index in [1.807, 2.05) is 0 Å². The van der Waals surface area contributed by atoms with E-state index in [0.29, 0.717) is 11.8 Å². The molecule has 0 radical (unpaired) electrons. The number of fused-ring (bicyclic) bond motifs is 1. The van der Waals surface area contributed by atoms with Gasteiger partial charge in [0.1, 0.15) is 0 Å². The van der Waals surface area contributed by atoms with Gasteiger partial charge in [0, 0.05) is 5.92 Å². The largest absolute Gasteiger partial charge is 0.0766 e. The van der Waals surface area contributed by atoms with E-state index < -0.39 is 0 Å². The summed E-state index contributed by atoms with van der Waals surface area (Å²) in [5.41, 5.74) is 5.94. The minimum absolute atomic E-state index is 0.599. The molecule has 0 bridgehead atoms. The van der Waals surface area contributed by atoms with E-state index >= 15 is 0 Å². The zero-order valence-corrected chi connectivity index (χ0v) is 9.46. The Kier molecular flexibility index (Phi) is 2.22. The Morgan fingerprint density at radius 1 is 1.21 bits per heavy atom. The Morgan fingerprint density at radius 2 is 1.93 bits per heavy atom. The van der Waals surface area contributed by atoms with Gasteiger partial charge in [-0.05, 0) is 35.1 Å². The Hall–Kier alpha value is -1.04. The first kappa shape index (κ1) is 9.51. The molecule has 0 heterocycles. The second-order valence-corrected chi connectivity index (χ2v) is 4.60. The lowest BCUT2D eigenvalue weighted by Gasteiger charge is -2.16. The molecule has 0 fully saturated rings. The van der Waals surface area contributed by atoms with Crippen LogP contribution in [0.15, 0.2) is 18.2 Å². The lowest BCUT2D eigenvalue weighted by molar-refractivity contribution is 0.826. The monoisotopic (exact) mass is 186 g/mol. The third-order valence-electron chi connectivity index (χ3n) is 3.17. The number of rotatable bonds is 1. The van der Waals surface area contributed by atoms with E-state index in [1.54, 1.807) is 5.56 Å². The standard InChI is InChI=1S/C14H18/c1-9(2)12-7-5-10(3)13-8-6-11(4)14(12)13/h5-9,11H,1-4H3. The molecule has 0 aliphatic heterocycles. The highest BCUT2D eigenvalue weighted by Crippen LogP contribution is 2.37. The summed E-state index contributed by atoms with van der Waals surface area (Å²) in [6.45, 7) is 9.03. The molecule has 1 atom stereocenters. The van der Waals surface area contributed by atoms with Crippen molar-refractivity contribution in [2.24, 2.45) is 0 Å². The summed E-state index contributed by atoms with van der Waals surface area (Å²) >= 11 is 0. The molecule has 1 aromatic carbocycles. The van der Waals surface area contributed by atoms with E-state index in [0.717, 1.165) is 0 Å². The average molecular weight is 186 g/mol. The predicted molar refractivity (Wildman–Crippen MR) is 62.7 cm³/mol. The first-order chi connectivity index (χ1) is 6.61. The normalized spacial score (nSPS) is 19.1. The second-order valence-electron chi connectivity index (χ2n) is 4.60. The highest BCUT2D eigenvalue weighted by atomic mass is 14.2. The van der Waals surface area contributed by atoms with Gasteiger partial charge in [-0.3, -0.25) is 0 Å². The topological polar surface area (TPSA) is 0 Å². The molecule has 0 amide bonds. The fraction of sp³-hybridized carbons (Fsp3) is 0.429. The van der Waals surface area contributed by atoms with Gasteiger partial charge in [0.05, 0.1) is 0 Å². The highest BCUT2D eigenvalue weighted by molar-refractivity contribution is 5.67. The molecule has 0 aromatic heterocycles. The third kappa shape index (κ3) is 1.30. The van der Waals surface area contributed by atoms with Crippen molar-refractivity contribution in [3.8, 4) is 0 Å². The number of benzene rings is 1. The Bertz CT molecular complexity index is 383. The van der Waals surface area contributed by atoms with Crippen LogP contribution in [0.4, 0.5) is 0 Å². The first-order valence-electron chi connectivity index (χ1n) is 5.43. The maximum atomic E-state index is 2.31. The smallest absolute Gasteiger partial charge is 0.000176 e. The van der Waals surface area contributed by atoms with E-state index in [9.17, 15) is 0 Å². The van der Waals surface area contributed by atoms with Gasteiger partial charge in [0.15, 0.2) is 0 Å². The summed E-state index contributed by atoms with van der Waals surface area (Å²) in [5.74, 6) is 1.23. The van der Waals surface area contributed by atoms with Crippen molar-refractivity contribution in [3.05, 3.63) is 40.5 Å². The minimum atomic E-state index is 0.599. The van der Waals surface area contributed by atoms with E-state index in [-0.39, 0.29) is 0 Å². The van der Waals surface area contributed by atoms with Crippen molar-refractivity contribution in [1.82, 2.24) is 0 Å². The number of allylic oxidation sites excluding steroid dienone is 1. The summed E-state index contributed by atoms with van der Waals surface area (Å²) in [4.78, 5) is 0. The number of hydrogen-bond donors (Lipinski definition) is 0. The van der Waals surface area contributed by atoms with Crippen molar-refractivity contribution >= 4 is 6.08 Å². The lowest BCUT2D eigenvalue weighted by atomic mass is 9.88. The molecule has 0 saturated carbocycles. The van der Waals surface area contributed by atoms with Gasteiger partial charge < -0.3 is 0 Å². The zero-order valence-electron chi connectivity index (χ0n) is 9.46. The molecule has 0 saturated heterocycles. The molecule has 14 heavy (non-hydrogen) atoms. The van der Waals surface area contributed by atoms with Gasteiger partial charge in [-0.15, -0.1) is 0 Å². The fourth-order valence-electron chi connectivity index (χ4n) is 2.33. The van der Waals surface area contributed by atoms with Gasteiger partial charge in [-0.1, -0.05) is 45.1 Å². The third-order valence-corrected chi connectivity index (χ3v) is 3.17. The molecule has 0 nitrogen and oxygen atoms in total. The Balaban J connectivity index is 2.64. The first-order valence-corrected chi connectivity index (χ1v) is 5.43. The molecule has 1 aliphatic carbocycles. The SMILES string of the molecule is Cc1ccc(C(C)C)c2c1C=CC2C. The summed E-state index contributed by atoms with van der Waals surface area (Å²) in [7, 11) is 0. The van der Waals surface area contributed by atoms with Crippen LogP contribution in [-0.4, -0.2) is 0 Å². The Morgan fingerprint density at radius 3 is 2.57 bits per heavy atom. The highest BCUT2D eigenvalue weighted by Gasteiger charge is 2.19. The maximum Gasteiger partial charge on any atom is 0.000176 e. The summed E-state index contributed by atoms with van der Waals surface area (Å²) in [5, 5.41) is 0. The molecule has 1 aliphatic rings. The van der Waals surface area contributed by atoms with E-state index in [1.165, 1.54) is 16.7 Å². The van der Waals surface area contributed by atoms with Crippen LogP contribution in [0.1, 0.15) is 54.9 Å². The van der Waals surface area contributed by atoms with Crippen LogP contribution in [0.3, 0.4) is 0 Å². The second kappa shape index (κ2) is 3.27. The molecule has 1 unspecified atom stereocenters. The van der Waals surface area contributed by atoms with Crippen molar-refractivity contribution in [2.45, 2.75) is 39.5 Å². The number of aryl methyl sites for hydroxylation is 1. The molecular formula is C14H18. The molecule has 0 spiro atoms. The van der Waals surface area contributed by atoms with E-state index in [2.05, 4.69) is 52.0 Å². The van der Waals surface area contributed by atoms with Gasteiger partial charge >= 0.3 is 0 Å². The van der Waals surface area contributed by atoms with Crippen molar-refractivity contribution in [1.29, 1.82) is 0 Å². The van der Waals surface area contributed by atoms with E-state index in [4.69, 9.17) is 0 Å². The zero-order chi connectivity index (χ0) is 10.3. The molecule has 0 heteroatoms. The van der Waals surface area contributed by atoms with Gasteiger partial charge in [-0.2, -0.15) is 0 Å². The lowest BCUT2D eigenvalue weighted by Crippen LogP contribution is -2.00. The van der Waals surface area contributed by atoms with Crippen LogP contribution in [-0.2, 0) is 0 Å². The maximum absolute atomic E-state index is 2.31. The van der Waals surface area contributed by atoms with Gasteiger partial charge in [-0.25, -0.2) is 0 Å². The molecule has 1 aromatic rings. The molecular weight excluding hydrogens is 168 g/mol. The predicted octanol–water partition coefficient (Wildman–Crippen LogP) is 4.25. The molecule has 2 rings (SSSR count). The molecule has 0 N–H and O–H groups in total. The van der Waals surface area contributed by atoms with Crippen LogP contribution in [0, 0.1) is 6.92 Å². The fourth-order valence-corrected chi connectivity index (χ4v) is 2.33. The number of hydrogen-bond acceptors (Lipinski definition) is 0. The van der Waals surface area contributed by atoms with Crippen molar-refractivity contribution < 1.29 is 0 Å². The van der Waals surface area contributed by atoms with Crippen molar-refractivity contribution in [2.75, 3.05) is 0 Å². The van der Waals surface area contributed by atoms with Crippen LogP contribution < -0.4 is 0 Å². The van der Waals surface area contributed by atoms with Crippen LogP contribution in [0.5, 0.6) is 0 Å². The Labute approximate surface area is 86.7 Å². The summed E-state index contributed by atoms with van der Waals surface area (Å²) < 4.78 is 0. The van der Waals surface area contributed by atoms with Crippen molar-refractivity contribution in [3.63, 3.8) is 0 Å². The van der Waals surface area contributed by atoms with Crippen LogP contribution in [0.25, 0.3) is 6.08 Å². The quantitative estimate of drug-likeness (QED) is 0.615. The summed E-state index contributed by atoms with van der Waals surface area (Å²) in [6, 6.07) is 4.54. The molecule has 74 valence electrons. The van der Waals surface area contributed by atoms with Gasteiger partial charge in [0.25, 0.3) is 0 Å². The van der Waals surface area contributed by atoms with Gasteiger partial charge in [0.2, 0.25) is 0 Å². The minimum Gasteiger partial charge on any atom is -0.0766 e. The summed E-state index contributed by atoms with van der Waals surface area (Å²) in [6.07, 6.45) is 4.59. The van der Waals surface area contributed by atoms with Crippen LogP contribution >= 0.6 is 0 Å². The average Bonchev–Trinajstić information content (AvgIpc) is 2.50. The van der Waals surface area contributed by atoms with Crippen LogP contribution in [0.2, 0.25) is 0 Å².